The second-order valence-corrected chi connectivity index (χ2v) is 3.60. The normalized spacial score (nSPS) is 9.71. The van der Waals surface area contributed by atoms with Crippen molar-refractivity contribution in [3.8, 4) is 0 Å². The standard InChI is InChI=1S/C10H14FN.C3H9NO/c1-3-8-5-4-6-9(7-12-2)10(8)11;1-4-2-3-5/h4-6,12H,3,7H2,1-2H3;4-5H,2-3H2,1H3. The molecule has 0 amide bonds. The van der Waals surface area contributed by atoms with E-state index in [1.165, 1.54) is 0 Å². The van der Waals surface area contributed by atoms with Crippen LogP contribution in [0.1, 0.15) is 18.1 Å². The van der Waals surface area contributed by atoms with Crippen molar-refractivity contribution in [2.75, 3.05) is 27.2 Å². The molecule has 98 valence electrons. The maximum absolute atomic E-state index is 13.4. The Morgan fingerprint density at radius 1 is 1.18 bits per heavy atom. The molecule has 0 aliphatic heterocycles. The first kappa shape index (κ1) is 16.0. The maximum Gasteiger partial charge on any atom is 0.130 e. The van der Waals surface area contributed by atoms with Crippen LogP contribution >= 0.6 is 0 Å². The van der Waals surface area contributed by atoms with E-state index in [4.69, 9.17) is 5.11 Å². The molecule has 0 bridgehead atoms. The Morgan fingerprint density at radius 3 is 2.24 bits per heavy atom. The van der Waals surface area contributed by atoms with Gasteiger partial charge in [-0.15, -0.1) is 0 Å². The predicted octanol–water partition coefficient (Wildman–Crippen LogP) is 1.31. The van der Waals surface area contributed by atoms with E-state index >= 15 is 0 Å². The molecule has 17 heavy (non-hydrogen) atoms. The number of aliphatic hydroxyl groups excluding tert-OH is 1. The van der Waals surface area contributed by atoms with Gasteiger partial charge in [-0.1, -0.05) is 25.1 Å². The molecule has 0 aromatic heterocycles. The van der Waals surface area contributed by atoms with Crippen molar-refractivity contribution in [3.63, 3.8) is 0 Å². The molecule has 0 unspecified atom stereocenters. The summed E-state index contributed by atoms with van der Waals surface area (Å²) in [7, 11) is 3.62. The number of likely N-dealkylation sites (N-methyl/N-ethyl adjacent to an activating group) is 1. The summed E-state index contributed by atoms with van der Waals surface area (Å²) < 4.78 is 13.4. The summed E-state index contributed by atoms with van der Waals surface area (Å²) in [4.78, 5) is 0. The summed E-state index contributed by atoms with van der Waals surface area (Å²) in [6.07, 6.45) is 0.753. The highest BCUT2D eigenvalue weighted by atomic mass is 19.1. The van der Waals surface area contributed by atoms with Crippen molar-refractivity contribution in [2.45, 2.75) is 19.9 Å². The summed E-state index contributed by atoms with van der Waals surface area (Å²) in [5.74, 6) is -0.0608. The molecule has 1 aromatic rings. The van der Waals surface area contributed by atoms with E-state index in [2.05, 4.69) is 10.6 Å². The SMILES string of the molecule is CCc1cccc(CNC)c1F.CNCCO. The van der Waals surface area contributed by atoms with E-state index in [0.29, 0.717) is 13.1 Å². The first-order valence-corrected chi connectivity index (χ1v) is 5.87. The van der Waals surface area contributed by atoms with Crippen LogP contribution in [-0.2, 0) is 13.0 Å². The third kappa shape index (κ3) is 6.36. The quantitative estimate of drug-likeness (QED) is 0.729. The van der Waals surface area contributed by atoms with Crippen LogP contribution in [0.2, 0.25) is 0 Å². The highest BCUT2D eigenvalue weighted by Crippen LogP contribution is 2.12. The number of hydrogen-bond acceptors (Lipinski definition) is 3. The number of benzene rings is 1. The average Bonchev–Trinajstić information content (AvgIpc) is 2.34. The molecule has 0 saturated heterocycles. The van der Waals surface area contributed by atoms with Crippen LogP contribution < -0.4 is 10.6 Å². The Morgan fingerprint density at radius 2 is 1.82 bits per heavy atom. The van der Waals surface area contributed by atoms with E-state index in [1.807, 2.05) is 32.2 Å². The zero-order valence-electron chi connectivity index (χ0n) is 10.9. The minimum absolute atomic E-state index is 0.0608. The molecule has 0 atom stereocenters. The van der Waals surface area contributed by atoms with Crippen LogP contribution in [0, 0.1) is 5.82 Å². The smallest absolute Gasteiger partial charge is 0.130 e. The molecule has 0 fully saturated rings. The van der Waals surface area contributed by atoms with E-state index in [1.54, 1.807) is 7.05 Å². The monoisotopic (exact) mass is 242 g/mol. The molecule has 0 aliphatic rings. The van der Waals surface area contributed by atoms with Crippen molar-refractivity contribution >= 4 is 0 Å². The van der Waals surface area contributed by atoms with Crippen LogP contribution in [0.15, 0.2) is 18.2 Å². The molecule has 0 saturated carbocycles. The van der Waals surface area contributed by atoms with Crippen molar-refractivity contribution in [1.29, 1.82) is 0 Å². The van der Waals surface area contributed by atoms with Gasteiger partial charge in [0.05, 0.1) is 6.61 Å². The van der Waals surface area contributed by atoms with Crippen molar-refractivity contribution < 1.29 is 9.50 Å². The number of hydrogen-bond donors (Lipinski definition) is 3. The highest BCUT2D eigenvalue weighted by molar-refractivity contribution is 5.25. The van der Waals surface area contributed by atoms with Crippen molar-refractivity contribution in [3.05, 3.63) is 35.1 Å². The summed E-state index contributed by atoms with van der Waals surface area (Å²) in [6.45, 7) is 3.48. The molecule has 1 aromatic carbocycles. The third-order valence-corrected chi connectivity index (χ3v) is 2.27. The minimum Gasteiger partial charge on any atom is -0.395 e. The average molecular weight is 242 g/mol. The highest BCUT2D eigenvalue weighted by Gasteiger charge is 2.04. The largest absolute Gasteiger partial charge is 0.395 e. The summed E-state index contributed by atoms with van der Waals surface area (Å²) >= 11 is 0. The molecule has 3 N–H and O–H groups in total. The lowest BCUT2D eigenvalue weighted by molar-refractivity contribution is 0.296. The van der Waals surface area contributed by atoms with E-state index in [9.17, 15) is 4.39 Å². The Labute approximate surface area is 103 Å². The first-order valence-electron chi connectivity index (χ1n) is 5.87. The fourth-order valence-corrected chi connectivity index (χ4v) is 1.34. The van der Waals surface area contributed by atoms with E-state index in [0.717, 1.165) is 17.5 Å². The van der Waals surface area contributed by atoms with Crippen LogP contribution in [0.25, 0.3) is 0 Å². The molecule has 0 aliphatic carbocycles. The second kappa shape index (κ2) is 10.2. The molecule has 4 heteroatoms. The predicted molar refractivity (Wildman–Crippen MR) is 69.6 cm³/mol. The summed E-state index contributed by atoms with van der Waals surface area (Å²) in [5.41, 5.74) is 1.54. The fourth-order valence-electron chi connectivity index (χ4n) is 1.34. The van der Waals surface area contributed by atoms with Gasteiger partial charge in [-0.3, -0.25) is 0 Å². The lowest BCUT2D eigenvalue weighted by Gasteiger charge is -2.05. The van der Waals surface area contributed by atoms with E-state index < -0.39 is 0 Å². The number of aryl methyl sites for hydroxylation is 1. The van der Waals surface area contributed by atoms with Gasteiger partial charge in [0, 0.05) is 18.7 Å². The topological polar surface area (TPSA) is 44.3 Å². The molecular formula is C13H23FN2O. The van der Waals surface area contributed by atoms with Gasteiger partial charge >= 0.3 is 0 Å². The summed E-state index contributed by atoms with van der Waals surface area (Å²) in [5, 5.41) is 13.7. The Kier molecular flexibility index (Phi) is 9.62. The molecule has 0 heterocycles. The van der Waals surface area contributed by atoms with Gasteiger partial charge in [-0.2, -0.15) is 0 Å². The van der Waals surface area contributed by atoms with E-state index in [-0.39, 0.29) is 12.4 Å². The molecule has 1 rings (SSSR count). The zero-order chi connectivity index (χ0) is 13.1. The van der Waals surface area contributed by atoms with Gasteiger partial charge in [-0.25, -0.2) is 4.39 Å². The molecule has 0 spiro atoms. The summed E-state index contributed by atoms with van der Waals surface area (Å²) in [6, 6.07) is 5.54. The van der Waals surface area contributed by atoms with Gasteiger partial charge < -0.3 is 15.7 Å². The van der Waals surface area contributed by atoms with Gasteiger partial charge in [0.25, 0.3) is 0 Å². The fraction of sp³-hybridized carbons (Fsp3) is 0.538. The van der Waals surface area contributed by atoms with Gasteiger partial charge in [-0.05, 0) is 26.1 Å². The second-order valence-electron chi connectivity index (χ2n) is 3.60. The Hall–Kier alpha value is -0.970. The maximum atomic E-state index is 13.4. The van der Waals surface area contributed by atoms with Crippen LogP contribution in [0.5, 0.6) is 0 Å². The number of nitrogens with one attached hydrogen (secondary N) is 2. The Balaban J connectivity index is 0.000000437. The third-order valence-electron chi connectivity index (χ3n) is 2.27. The minimum atomic E-state index is -0.0608. The van der Waals surface area contributed by atoms with Crippen LogP contribution in [-0.4, -0.2) is 32.4 Å². The number of aliphatic hydroxyl groups is 1. The molecular weight excluding hydrogens is 219 g/mol. The van der Waals surface area contributed by atoms with Gasteiger partial charge in [0.2, 0.25) is 0 Å². The number of rotatable bonds is 5. The molecule has 0 radical (unpaired) electrons. The first-order chi connectivity index (χ1) is 8.21. The van der Waals surface area contributed by atoms with Gasteiger partial charge in [0.1, 0.15) is 5.82 Å². The van der Waals surface area contributed by atoms with Gasteiger partial charge in [0.15, 0.2) is 0 Å². The molecule has 3 nitrogen and oxygen atoms in total. The zero-order valence-corrected chi connectivity index (χ0v) is 10.9. The van der Waals surface area contributed by atoms with Crippen LogP contribution in [0.3, 0.4) is 0 Å². The van der Waals surface area contributed by atoms with Crippen LogP contribution in [0.4, 0.5) is 4.39 Å². The lowest BCUT2D eigenvalue weighted by atomic mass is 10.1. The Bertz CT molecular complexity index is 303. The lowest BCUT2D eigenvalue weighted by Crippen LogP contribution is -2.10. The number of halogens is 1. The van der Waals surface area contributed by atoms with Crippen molar-refractivity contribution in [2.24, 2.45) is 0 Å². The van der Waals surface area contributed by atoms with Crippen molar-refractivity contribution in [1.82, 2.24) is 10.6 Å².